The molecule has 0 aliphatic carbocycles. The predicted molar refractivity (Wildman–Crippen MR) is 116 cm³/mol. The Kier molecular flexibility index (Phi) is 7.82. The average Bonchev–Trinajstić information content (AvgIpc) is 3.10. The number of hydrogen-bond acceptors (Lipinski definition) is 5. The van der Waals surface area contributed by atoms with Crippen molar-refractivity contribution in [1.29, 1.82) is 0 Å². The Morgan fingerprint density at radius 3 is 2.96 bits per heavy atom. The van der Waals surface area contributed by atoms with Crippen LogP contribution in [0, 0.1) is 6.92 Å². The third-order valence-electron chi connectivity index (χ3n) is 4.71. The molecule has 2 N–H and O–H groups in total. The Morgan fingerprint density at radius 1 is 1.36 bits per heavy atom. The Bertz CT molecular complexity index is 776. The molecule has 0 amide bonds. The minimum atomic E-state index is 0.321. The molecule has 3 rings (SSSR count). The zero-order chi connectivity index (χ0) is 19.8. The Hall–Kier alpha value is -1.96. The summed E-state index contributed by atoms with van der Waals surface area (Å²) in [6.45, 7) is 9.60. The zero-order valence-electron chi connectivity index (χ0n) is 17.1. The number of guanidine groups is 1. The molecule has 1 atom stereocenters. The van der Waals surface area contributed by atoms with E-state index in [-0.39, 0.29) is 0 Å². The van der Waals surface area contributed by atoms with Gasteiger partial charge in [0.1, 0.15) is 0 Å². The van der Waals surface area contributed by atoms with Crippen LogP contribution < -0.4 is 10.6 Å². The summed E-state index contributed by atoms with van der Waals surface area (Å²) in [6.07, 6.45) is 3.16. The molecule has 1 aromatic carbocycles. The number of nitrogens with one attached hydrogen (secondary N) is 2. The molecule has 2 heterocycles. The van der Waals surface area contributed by atoms with Crippen LogP contribution in [-0.2, 0) is 24.2 Å². The highest BCUT2D eigenvalue weighted by atomic mass is 32.1. The van der Waals surface area contributed by atoms with E-state index in [0.717, 1.165) is 56.7 Å². The maximum atomic E-state index is 5.63. The highest BCUT2D eigenvalue weighted by Gasteiger charge is 2.16. The highest BCUT2D eigenvalue weighted by molar-refractivity contribution is 7.11. The van der Waals surface area contributed by atoms with Crippen molar-refractivity contribution in [2.45, 2.75) is 39.5 Å². The van der Waals surface area contributed by atoms with Gasteiger partial charge in [-0.3, -0.25) is 9.89 Å². The number of ether oxygens (including phenoxy) is 1. The highest BCUT2D eigenvalue weighted by Crippen LogP contribution is 2.12. The van der Waals surface area contributed by atoms with Crippen LogP contribution >= 0.6 is 11.3 Å². The van der Waals surface area contributed by atoms with Crippen molar-refractivity contribution in [3.63, 3.8) is 0 Å². The maximum absolute atomic E-state index is 5.63. The van der Waals surface area contributed by atoms with Crippen molar-refractivity contribution in [3.05, 3.63) is 51.5 Å². The van der Waals surface area contributed by atoms with E-state index in [2.05, 4.69) is 63.6 Å². The van der Waals surface area contributed by atoms with Crippen molar-refractivity contribution in [2.24, 2.45) is 4.99 Å². The molecule has 0 spiro atoms. The molecule has 28 heavy (non-hydrogen) atoms. The SMILES string of the molecule is CN=C(NCCc1ncc(C)s1)NCc1cccc(CN2CCOC(C)C2)c1. The van der Waals surface area contributed by atoms with Gasteiger partial charge < -0.3 is 15.4 Å². The van der Waals surface area contributed by atoms with Gasteiger partial charge in [-0.2, -0.15) is 0 Å². The molecule has 7 heteroatoms. The quantitative estimate of drug-likeness (QED) is 0.552. The lowest BCUT2D eigenvalue weighted by Crippen LogP contribution is -2.40. The fourth-order valence-electron chi connectivity index (χ4n) is 3.34. The molecular weight excluding hydrogens is 370 g/mol. The van der Waals surface area contributed by atoms with Crippen molar-refractivity contribution in [2.75, 3.05) is 33.3 Å². The lowest BCUT2D eigenvalue weighted by molar-refractivity contribution is -0.0212. The summed E-state index contributed by atoms with van der Waals surface area (Å²) in [7, 11) is 1.80. The van der Waals surface area contributed by atoms with Crippen LogP contribution in [0.2, 0.25) is 0 Å². The molecule has 2 aromatic rings. The van der Waals surface area contributed by atoms with Gasteiger partial charge in [0.2, 0.25) is 0 Å². The fraction of sp³-hybridized carbons (Fsp3) is 0.524. The lowest BCUT2D eigenvalue weighted by atomic mass is 10.1. The second-order valence-electron chi connectivity index (χ2n) is 7.20. The summed E-state index contributed by atoms with van der Waals surface area (Å²) in [6, 6.07) is 8.77. The molecular formula is C21H31N5OS. The van der Waals surface area contributed by atoms with E-state index in [0.29, 0.717) is 6.10 Å². The molecule has 0 radical (unpaired) electrons. The number of aliphatic imine (C=N–C) groups is 1. The number of thiazole rings is 1. The number of aromatic nitrogens is 1. The molecule has 1 fully saturated rings. The second kappa shape index (κ2) is 10.5. The molecule has 1 aliphatic rings. The second-order valence-corrected chi connectivity index (χ2v) is 8.52. The summed E-state index contributed by atoms with van der Waals surface area (Å²) in [5.41, 5.74) is 2.60. The molecule has 1 unspecified atom stereocenters. The van der Waals surface area contributed by atoms with Gasteiger partial charge in [0, 0.05) is 57.3 Å². The van der Waals surface area contributed by atoms with Crippen LogP contribution in [-0.4, -0.2) is 55.2 Å². The molecule has 1 aromatic heterocycles. The number of rotatable bonds is 7. The van der Waals surface area contributed by atoms with E-state index in [1.165, 1.54) is 16.0 Å². The van der Waals surface area contributed by atoms with E-state index in [9.17, 15) is 0 Å². The van der Waals surface area contributed by atoms with Gasteiger partial charge in [-0.1, -0.05) is 24.3 Å². The van der Waals surface area contributed by atoms with Gasteiger partial charge in [0.15, 0.2) is 5.96 Å². The first-order chi connectivity index (χ1) is 13.6. The Morgan fingerprint density at radius 2 is 2.21 bits per heavy atom. The number of benzene rings is 1. The zero-order valence-corrected chi connectivity index (χ0v) is 17.9. The van der Waals surface area contributed by atoms with Gasteiger partial charge in [-0.05, 0) is 25.0 Å². The molecule has 0 saturated carbocycles. The van der Waals surface area contributed by atoms with E-state index in [4.69, 9.17) is 4.74 Å². The smallest absolute Gasteiger partial charge is 0.191 e. The van der Waals surface area contributed by atoms with Crippen LogP contribution in [0.5, 0.6) is 0 Å². The summed E-state index contributed by atoms with van der Waals surface area (Å²) in [4.78, 5) is 12.4. The van der Waals surface area contributed by atoms with Crippen molar-refractivity contribution in [1.82, 2.24) is 20.5 Å². The minimum Gasteiger partial charge on any atom is -0.376 e. The van der Waals surface area contributed by atoms with Crippen LogP contribution in [0.15, 0.2) is 35.5 Å². The van der Waals surface area contributed by atoms with Crippen LogP contribution in [0.1, 0.15) is 27.9 Å². The van der Waals surface area contributed by atoms with Crippen molar-refractivity contribution in [3.8, 4) is 0 Å². The number of nitrogens with zero attached hydrogens (tertiary/aromatic N) is 3. The normalized spacial score (nSPS) is 18.2. The van der Waals surface area contributed by atoms with Crippen LogP contribution in [0.4, 0.5) is 0 Å². The van der Waals surface area contributed by atoms with E-state index in [1.807, 2.05) is 6.20 Å². The fourth-order valence-corrected chi connectivity index (χ4v) is 4.13. The summed E-state index contributed by atoms with van der Waals surface area (Å²) in [5, 5.41) is 7.93. The lowest BCUT2D eigenvalue weighted by Gasteiger charge is -2.31. The van der Waals surface area contributed by atoms with Crippen LogP contribution in [0.3, 0.4) is 0 Å². The first-order valence-electron chi connectivity index (χ1n) is 9.90. The Labute approximate surface area is 172 Å². The van der Waals surface area contributed by atoms with Gasteiger partial charge in [-0.15, -0.1) is 11.3 Å². The van der Waals surface area contributed by atoms with Gasteiger partial charge in [-0.25, -0.2) is 4.98 Å². The average molecular weight is 402 g/mol. The van der Waals surface area contributed by atoms with E-state index in [1.54, 1.807) is 18.4 Å². The van der Waals surface area contributed by atoms with Crippen molar-refractivity contribution < 1.29 is 4.74 Å². The Balaban J connectivity index is 1.44. The third kappa shape index (κ3) is 6.58. The van der Waals surface area contributed by atoms with Gasteiger partial charge in [0.05, 0.1) is 17.7 Å². The van der Waals surface area contributed by atoms with Gasteiger partial charge in [0.25, 0.3) is 0 Å². The first-order valence-corrected chi connectivity index (χ1v) is 10.7. The third-order valence-corrected chi connectivity index (χ3v) is 5.68. The number of morpholine rings is 1. The number of hydrogen-bond donors (Lipinski definition) is 2. The van der Waals surface area contributed by atoms with Gasteiger partial charge >= 0.3 is 0 Å². The topological polar surface area (TPSA) is 61.8 Å². The van der Waals surface area contributed by atoms with E-state index >= 15 is 0 Å². The summed E-state index contributed by atoms with van der Waals surface area (Å²) in [5.74, 6) is 0.820. The molecule has 152 valence electrons. The minimum absolute atomic E-state index is 0.321. The first kappa shape index (κ1) is 20.8. The van der Waals surface area contributed by atoms with Crippen LogP contribution in [0.25, 0.3) is 0 Å². The number of aryl methyl sites for hydroxylation is 1. The standard InChI is InChI=1S/C21H31N5OS/c1-16-14-26(9-10-27-16)15-19-6-4-5-18(11-19)13-25-21(22-3)23-8-7-20-24-12-17(2)28-20/h4-6,11-12,16H,7-10,13-15H2,1-3H3,(H2,22,23,25). The monoisotopic (exact) mass is 401 g/mol. The molecule has 1 aliphatic heterocycles. The largest absolute Gasteiger partial charge is 0.376 e. The molecule has 1 saturated heterocycles. The summed E-state index contributed by atoms with van der Waals surface area (Å²) >= 11 is 1.75. The van der Waals surface area contributed by atoms with E-state index < -0.39 is 0 Å². The predicted octanol–water partition coefficient (Wildman–Crippen LogP) is 2.58. The summed E-state index contributed by atoms with van der Waals surface area (Å²) < 4.78 is 5.63. The molecule has 6 nitrogen and oxygen atoms in total. The maximum Gasteiger partial charge on any atom is 0.191 e. The molecule has 0 bridgehead atoms. The van der Waals surface area contributed by atoms with Crippen molar-refractivity contribution >= 4 is 17.3 Å².